The number of amides is 1. The fraction of sp³-hybridized carbons (Fsp3) is 0.312. The first-order valence-corrected chi connectivity index (χ1v) is 7.15. The highest BCUT2D eigenvalue weighted by atomic mass is 16.6. The van der Waals surface area contributed by atoms with Crippen LogP contribution in [0.3, 0.4) is 0 Å². The van der Waals surface area contributed by atoms with Crippen molar-refractivity contribution >= 4 is 17.7 Å². The molecule has 0 radical (unpaired) electrons. The van der Waals surface area contributed by atoms with Gasteiger partial charge in [0.15, 0.2) is 5.69 Å². The number of hydrogen-bond acceptors (Lipinski definition) is 7. The summed E-state index contributed by atoms with van der Waals surface area (Å²) in [5.74, 6) is -0.674. The van der Waals surface area contributed by atoms with Crippen LogP contribution in [0, 0.1) is 0 Å². The number of esters is 1. The second-order valence-electron chi connectivity index (χ2n) is 5.83. The Kier molecular flexibility index (Phi) is 5.08. The van der Waals surface area contributed by atoms with Crippen LogP contribution in [0.1, 0.15) is 31.3 Å². The van der Waals surface area contributed by atoms with Gasteiger partial charge >= 0.3 is 12.1 Å². The molecule has 8 heteroatoms. The van der Waals surface area contributed by atoms with Gasteiger partial charge in [-0.1, -0.05) is 0 Å². The molecule has 0 saturated carbocycles. The lowest BCUT2D eigenvalue weighted by Gasteiger charge is -2.20. The third-order valence-corrected chi connectivity index (χ3v) is 2.76. The predicted octanol–water partition coefficient (Wildman–Crippen LogP) is 2.67. The number of carbonyl (C=O) groups excluding carboxylic acids is 2. The Hall–Kier alpha value is -3.03. The molecule has 0 unspecified atom stereocenters. The van der Waals surface area contributed by atoms with Gasteiger partial charge in [-0.05, 0) is 26.8 Å². The Morgan fingerprint density at radius 3 is 2.46 bits per heavy atom. The summed E-state index contributed by atoms with van der Waals surface area (Å²) in [4.78, 5) is 36.0. The van der Waals surface area contributed by atoms with Gasteiger partial charge in [-0.3, -0.25) is 15.3 Å². The highest BCUT2D eigenvalue weighted by molar-refractivity contribution is 5.98. The number of carbonyl (C=O) groups is 2. The van der Waals surface area contributed by atoms with Crippen molar-refractivity contribution in [2.45, 2.75) is 26.4 Å². The van der Waals surface area contributed by atoms with Gasteiger partial charge in [0.2, 0.25) is 0 Å². The van der Waals surface area contributed by atoms with Gasteiger partial charge in [0.25, 0.3) is 0 Å². The summed E-state index contributed by atoms with van der Waals surface area (Å²) in [6, 6.07) is 1.56. The molecule has 24 heavy (non-hydrogen) atoms. The average Bonchev–Trinajstić information content (AvgIpc) is 2.53. The van der Waals surface area contributed by atoms with E-state index < -0.39 is 17.7 Å². The Labute approximate surface area is 139 Å². The molecule has 1 amide bonds. The third-order valence-electron chi connectivity index (χ3n) is 2.76. The number of pyridine rings is 1. The van der Waals surface area contributed by atoms with Crippen LogP contribution in [-0.4, -0.2) is 39.7 Å². The van der Waals surface area contributed by atoms with Crippen LogP contribution in [0.4, 0.5) is 10.5 Å². The molecule has 126 valence electrons. The smallest absolute Gasteiger partial charge is 0.412 e. The summed E-state index contributed by atoms with van der Waals surface area (Å²) in [7, 11) is 1.23. The second kappa shape index (κ2) is 7.03. The van der Waals surface area contributed by atoms with Gasteiger partial charge in [-0.2, -0.15) is 0 Å². The van der Waals surface area contributed by atoms with E-state index in [9.17, 15) is 9.59 Å². The first kappa shape index (κ1) is 17.3. The van der Waals surface area contributed by atoms with Gasteiger partial charge in [0.1, 0.15) is 5.60 Å². The fourth-order valence-electron chi connectivity index (χ4n) is 1.82. The van der Waals surface area contributed by atoms with E-state index >= 15 is 0 Å². The number of rotatable bonds is 3. The predicted molar refractivity (Wildman–Crippen MR) is 86.5 cm³/mol. The van der Waals surface area contributed by atoms with Crippen LogP contribution in [0.5, 0.6) is 0 Å². The van der Waals surface area contributed by atoms with E-state index in [-0.39, 0.29) is 11.4 Å². The van der Waals surface area contributed by atoms with Crippen molar-refractivity contribution in [3.63, 3.8) is 0 Å². The quantitative estimate of drug-likeness (QED) is 0.863. The zero-order valence-electron chi connectivity index (χ0n) is 13.9. The molecule has 1 N–H and O–H groups in total. The van der Waals surface area contributed by atoms with Gasteiger partial charge in [0.05, 0.1) is 24.7 Å². The highest BCUT2D eigenvalue weighted by Gasteiger charge is 2.21. The average molecular weight is 330 g/mol. The number of aromatic nitrogens is 3. The fourth-order valence-corrected chi connectivity index (χ4v) is 1.82. The Bertz CT molecular complexity index is 741. The van der Waals surface area contributed by atoms with Gasteiger partial charge in [-0.15, -0.1) is 0 Å². The van der Waals surface area contributed by atoms with Crippen LogP contribution in [0.25, 0.3) is 11.3 Å². The minimum absolute atomic E-state index is 0.0315. The van der Waals surface area contributed by atoms with E-state index in [0.717, 1.165) is 0 Å². The van der Waals surface area contributed by atoms with Crippen molar-refractivity contribution in [3.05, 3.63) is 36.5 Å². The monoisotopic (exact) mass is 330 g/mol. The summed E-state index contributed by atoms with van der Waals surface area (Å²) < 4.78 is 9.88. The van der Waals surface area contributed by atoms with E-state index in [1.54, 1.807) is 39.2 Å². The number of methoxy groups -OCH3 is 1. The van der Waals surface area contributed by atoms with Crippen LogP contribution < -0.4 is 5.32 Å². The molecule has 2 rings (SSSR count). The molecule has 2 heterocycles. The first-order valence-electron chi connectivity index (χ1n) is 7.15. The molecule has 0 aliphatic heterocycles. The zero-order valence-corrected chi connectivity index (χ0v) is 13.9. The van der Waals surface area contributed by atoms with Gasteiger partial charge in [-0.25, -0.2) is 14.6 Å². The highest BCUT2D eigenvalue weighted by Crippen LogP contribution is 2.23. The van der Waals surface area contributed by atoms with E-state index in [1.165, 1.54) is 19.5 Å². The number of nitrogens with one attached hydrogen (secondary N) is 1. The van der Waals surface area contributed by atoms with E-state index in [2.05, 4.69) is 25.0 Å². The molecule has 2 aromatic rings. The molecule has 0 aliphatic rings. The second-order valence-corrected chi connectivity index (χ2v) is 5.83. The molecule has 2 aromatic heterocycles. The third kappa shape index (κ3) is 4.48. The lowest BCUT2D eigenvalue weighted by molar-refractivity contribution is 0.0595. The van der Waals surface area contributed by atoms with Crippen molar-refractivity contribution in [2.24, 2.45) is 0 Å². The lowest BCUT2D eigenvalue weighted by atomic mass is 10.1. The Morgan fingerprint density at radius 2 is 1.88 bits per heavy atom. The largest absolute Gasteiger partial charge is 0.464 e. The maximum Gasteiger partial charge on any atom is 0.412 e. The maximum absolute atomic E-state index is 12.0. The molecule has 0 fully saturated rings. The van der Waals surface area contributed by atoms with Crippen LogP contribution >= 0.6 is 0 Å². The SMILES string of the molecule is COC(=O)c1ncc(-c2cnccn2)cc1NC(=O)OC(C)(C)C. The van der Waals surface area contributed by atoms with Crippen molar-refractivity contribution in [1.29, 1.82) is 0 Å². The summed E-state index contributed by atoms with van der Waals surface area (Å²) in [6.45, 7) is 5.21. The maximum atomic E-state index is 12.0. The Morgan fingerprint density at radius 1 is 1.12 bits per heavy atom. The Balaban J connectivity index is 2.38. The van der Waals surface area contributed by atoms with Crippen LogP contribution in [0.2, 0.25) is 0 Å². The van der Waals surface area contributed by atoms with Crippen molar-refractivity contribution in [2.75, 3.05) is 12.4 Å². The van der Waals surface area contributed by atoms with E-state index in [4.69, 9.17) is 4.74 Å². The van der Waals surface area contributed by atoms with E-state index in [1.807, 2.05) is 0 Å². The van der Waals surface area contributed by atoms with Crippen molar-refractivity contribution in [1.82, 2.24) is 15.0 Å². The zero-order chi connectivity index (χ0) is 17.7. The molecule has 0 bridgehead atoms. The van der Waals surface area contributed by atoms with Crippen LogP contribution in [-0.2, 0) is 9.47 Å². The standard InChI is InChI=1S/C16H18N4O4/c1-16(2,3)24-15(22)20-11-7-10(12-9-17-5-6-18-12)8-19-13(11)14(21)23-4/h5-9H,1-4H3,(H,20,22). The van der Waals surface area contributed by atoms with Crippen LogP contribution in [0.15, 0.2) is 30.9 Å². The molecule has 0 atom stereocenters. The normalized spacial score (nSPS) is 10.8. The summed E-state index contributed by atoms with van der Waals surface area (Å²) >= 11 is 0. The molecule has 8 nitrogen and oxygen atoms in total. The van der Waals surface area contributed by atoms with Crippen molar-refractivity contribution < 1.29 is 19.1 Å². The minimum Gasteiger partial charge on any atom is -0.464 e. The lowest BCUT2D eigenvalue weighted by Crippen LogP contribution is -2.28. The number of ether oxygens (including phenoxy) is 2. The molecular formula is C16H18N4O4. The van der Waals surface area contributed by atoms with Crippen molar-refractivity contribution in [3.8, 4) is 11.3 Å². The molecular weight excluding hydrogens is 312 g/mol. The summed E-state index contributed by atoms with van der Waals surface area (Å²) in [6.07, 6.45) is 5.37. The molecule has 0 saturated heterocycles. The van der Waals surface area contributed by atoms with Gasteiger partial charge in [0, 0.05) is 24.2 Å². The molecule has 0 aliphatic carbocycles. The minimum atomic E-state index is -0.703. The molecule has 0 aromatic carbocycles. The first-order chi connectivity index (χ1) is 11.3. The number of hydrogen-bond donors (Lipinski definition) is 1. The topological polar surface area (TPSA) is 103 Å². The molecule has 0 spiro atoms. The number of anilines is 1. The summed E-state index contributed by atoms with van der Waals surface area (Å²) in [5, 5.41) is 2.52. The number of nitrogens with zero attached hydrogens (tertiary/aromatic N) is 3. The summed E-state index contributed by atoms with van der Waals surface area (Å²) in [5.41, 5.74) is 0.594. The van der Waals surface area contributed by atoms with Gasteiger partial charge < -0.3 is 9.47 Å². The van der Waals surface area contributed by atoms with E-state index in [0.29, 0.717) is 11.3 Å².